The van der Waals surface area contributed by atoms with Crippen LogP contribution in [0, 0.1) is 6.92 Å². The zero-order chi connectivity index (χ0) is 15.2. The van der Waals surface area contributed by atoms with Crippen LogP contribution in [0.25, 0.3) is 0 Å². The lowest BCUT2D eigenvalue weighted by Gasteiger charge is -2.23. The lowest BCUT2D eigenvalue weighted by molar-refractivity contribution is -0.160. The van der Waals surface area contributed by atoms with Crippen molar-refractivity contribution in [2.75, 3.05) is 19.0 Å². The highest BCUT2D eigenvalue weighted by atomic mass is 35.5. The summed E-state index contributed by atoms with van der Waals surface area (Å²) in [6.45, 7) is 0.575. The van der Waals surface area contributed by atoms with E-state index in [2.05, 4.69) is 0 Å². The second-order valence-corrected chi connectivity index (χ2v) is 4.92. The van der Waals surface area contributed by atoms with Crippen LogP contribution < -0.4 is 0 Å². The summed E-state index contributed by atoms with van der Waals surface area (Å²) in [4.78, 5) is 12.6. The molecule has 0 bridgehead atoms. The fourth-order valence-electron chi connectivity index (χ4n) is 1.90. The van der Waals surface area contributed by atoms with E-state index in [4.69, 9.17) is 11.6 Å². The van der Waals surface area contributed by atoms with Gasteiger partial charge in [-0.05, 0) is 24.5 Å². The van der Waals surface area contributed by atoms with E-state index in [9.17, 15) is 18.0 Å². The van der Waals surface area contributed by atoms with Crippen LogP contribution >= 0.6 is 11.6 Å². The van der Waals surface area contributed by atoms with E-state index in [-0.39, 0.29) is 18.8 Å². The van der Waals surface area contributed by atoms with Gasteiger partial charge in [0.15, 0.2) is 0 Å². The maximum Gasteiger partial charge on any atom is 0.406 e. The predicted molar refractivity (Wildman–Crippen MR) is 72.9 cm³/mol. The summed E-state index contributed by atoms with van der Waals surface area (Å²) in [5.41, 5.74) is 2.00. The maximum absolute atomic E-state index is 12.4. The van der Waals surface area contributed by atoms with E-state index in [0.717, 1.165) is 16.0 Å². The molecule has 1 aromatic carbocycles. The Hall–Kier alpha value is -1.23. The first-order chi connectivity index (χ1) is 9.33. The molecular formula is C14H17ClF3NO. The van der Waals surface area contributed by atoms with Crippen molar-refractivity contribution in [3.8, 4) is 0 Å². The van der Waals surface area contributed by atoms with Crippen LogP contribution in [-0.2, 0) is 11.2 Å². The van der Waals surface area contributed by atoms with Crippen molar-refractivity contribution < 1.29 is 18.0 Å². The van der Waals surface area contributed by atoms with Crippen molar-refractivity contribution in [3.05, 3.63) is 35.4 Å². The smallest absolute Gasteiger partial charge is 0.332 e. The van der Waals surface area contributed by atoms with Gasteiger partial charge in [0, 0.05) is 18.8 Å². The molecule has 0 aliphatic rings. The minimum Gasteiger partial charge on any atom is -0.332 e. The Labute approximate surface area is 121 Å². The molecule has 0 N–H and O–H groups in total. The second kappa shape index (κ2) is 7.53. The Bertz CT molecular complexity index is 448. The average Bonchev–Trinajstić information content (AvgIpc) is 2.35. The van der Waals surface area contributed by atoms with Crippen molar-refractivity contribution in [2.24, 2.45) is 0 Å². The van der Waals surface area contributed by atoms with Crippen molar-refractivity contribution in [2.45, 2.75) is 25.9 Å². The Morgan fingerprint density at radius 2 is 1.95 bits per heavy atom. The molecule has 1 rings (SSSR count). The zero-order valence-corrected chi connectivity index (χ0v) is 12.0. The molecule has 0 atom stereocenters. The maximum atomic E-state index is 12.4. The topological polar surface area (TPSA) is 20.3 Å². The molecule has 0 unspecified atom stereocenters. The lowest BCUT2D eigenvalue weighted by atomic mass is 10.0. The van der Waals surface area contributed by atoms with Gasteiger partial charge in [0.1, 0.15) is 6.54 Å². The number of carbonyl (C=O) groups excluding carboxylic acids is 1. The number of rotatable bonds is 6. The molecule has 0 saturated carbocycles. The van der Waals surface area contributed by atoms with Crippen LogP contribution in [0.3, 0.4) is 0 Å². The first-order valence-corrected chi connectivity index (χ1v) is 6.82. The highest BCUT2D eigenvalue weighted by Gasteiger charge is 2.32. The third-order valence-electron chi connectivity index (χ3n) is 2.95. The van der Waals surface area contributed by atoms with Gasteiger partial charge < -0.3 is 4.90 Å². The van der Waals surface area contributed by atoms with E-state index in [1.165, 1.54) is 0 Å². The van der Waals surface area contributed by atoms with Gasteiger partial charge in [0.05, 0.1) is 0 Å². The van der Waals surface area contributed by atoms with Gasteiger partial charge in [0.25, 0.3) is 0 Å². The number of aryl methyl sites for hydroxylation is 2. The quantitative estimate of drug-likeness (QED) is 0.736. The molecule has 2 nitrogen and oxygen atoms in total. The van der Waals surface area contributed by atoms with Crippen LogP contribution in [-0.4, -0.2) is 36.0 Å². The van der Waals surface area contributed by atoms with Crippen LogP contribution in [0.15, 0.2) is 24.3 Å². The molecule has 0 aliphatic heterocycles. The molecule has 0 spiro atoms. The SMILES string of the molecule is Cc1ccccc1CCC(=O)N(CCCl)CC(F)(F)F. The molecule has 6 heteroatoms. The predicted octanol–water partition coefficient (Wildman–Crippen LogP) is 3.56. The molecule has 1 amide bonds. The summed E-state index contributed by atoms with van der Waals surface area (Å²) in [6.07, 6.45) is -3.91. The summed E-state index contributed by atoms with van der Waals surface area (Å²) in [7, 11) is 0. The van der Waals surface area contributed by atoms with Crippen molar-refractivity contribution in [3.63, 3.8) is 0 Å². The van der Waals surface area contributed by atoms with Gasteiger partial charge in [-0.15, -0.1) is 11.6 Å². The standard InChI is InChI=1S/C14H17ClF3NO/c1-11-4-2-3-5-12(11)6-7-13(20)19(9-8-15)10-14(16,17)18/h2-5H,6-10H2,1H3. The van der Waals surface area contributed by atoms with E-state index in [1.807, 2.05) is 31.2 Å². The monoisotopic (exact) mass is 307 g/mol. The summed E-state index contributed by atoms with van der Waals surface area (Å²) in [6, 6.07) is 7.51. The van der Waals surface area contributed by atoms with Crippen molar-refractivity contribution in [1.29, 1.82) is 0 Å². The minimum atomic E-state index is -4.40. The molecule has 0 fully saturated rings. The molecule has 0 aromatic heterocycles. The van der Waals surface area contributed by atoms with E-state index in [0.29, 0.717) is 6.42 Å². The van der Waals surface area contributed by atoms with Crippen molar-refractivity contribution >= 4 is 17.5 Å². The molecule has 112 valence electrons. The van der Waals surface area contributed by atoms with Gasteiger partial charge in [-0.3, -0.25) is 4.79 Å². The van der Waals surface area contributed by atoms with E-state index >= 15 is 0 Å². The third-order valence-corrected chi connectivity index (χ3v) is 3.12. The van der Waals surface area contributed by atoms with Crippen LogP contribution in [0.1, 0.15) is 17.5 Å². The molecule has 1 aromatic rings. The number of amides is 1. The molecule has 0 saturated heterocycles. The second-order valence-electron chi connectivity index (χ2n) is 4.55. The first kappa shape index (κ1) is 16.8. The minimum absolute atomic E-state index is 0.00775. The summed E-state index contributed by atoms with van der Waals surface area (Å²) >= 11 is 5.45. The molecule has 0 radical (unpaired) electrons. The average molecular weight is 308 g/mol. The lowest BCUT2D eigenvalue weighted by Crippen LogP contribution is -2.40. The highest BCUT2D eigenvalue weighted by molar-refractivity contribution is 6.18. The van der Waals surface area contributed by atoms with Gasteiger partial charge in [-0.1, -0.05) is 24.3 Å². The number of hydrogen-bond acceptors (Lipinski definition) is 1. The van der Waals surface area contributed by atoms with Crippen LogP contribution in [0.5, 0.6) is 0 Å². The largest absolute Gasteiger partial charge is 0.406 e. The number of hydrogen-bond donors (Lipinski definition) is 0. The Balaban J connectivity index is 2.60. The Morgan fingerprint density at radius 1 is 1.30 bits per heavy atom. The summed E-state index contributed by atoms with van der Waals surface area (Å²) in [5.74, 6) is -0.530. The van der Waals surface area contributed by atoms with Gasteiger partial charge in [-0.2, -0.15) is 13.2 Å². The van der Waals surface area contributed by atoms with E-state index in [1.54, 1.807) is 0 Å². The number of nitrogens with zero attached hydrogens (tertiary/aromatic N) is 1. The first-order valence-electron chi connectivity index (χ1n) is 6.28. The highest BCUT2D eigenvalue weighted by Crippen LogP contribution is 2.18. The Morgan fingerprint density at radius 3 is 2.50 bits per heavy atom. The normalized spacial score (nSPS) is 11.4. The molecular weight excluding hydrogens is 291 g/mol. The fourth-order valence-corrected chi connectivity index (χ4v) is 2.10. The Kier molecular flexibility index (Phi) is 6.33. The van der Waals surface area contributed by atoms with Gasteiger partial charge in [0.2, 0.25) is 5.91 Å². The van der Waals surface area contributed by atoms with Crippen molar-refractivity contribution in [1.82, 2.24) is 4.90 Å². The summed E-state index contributed by atoms with van der Waals surface area (Å²) < 4.78 is 37.1. The van der Waals surface area contributed by atoms with Gasteiger partial charge >= 0.3 is 6.18 Å². The van der Waals surface area contributed by atoms with Crippen LogP contribution in [0.4, 0.5) is 13.2 Å². The van der Waals surface area contributed by atoms with E-state index < -0.39 is 18.6 Å². The number of benzene rings is 1. The number of alkyl halides is 4. The fraction of sp³-hybridized carbons (Fsp3) is 0.500. The molecule has 0 aliphatic carbocycles. The number of carbonyl (C=O) groups is 1. The third kappa shape index (κ3) is 5.82. The molecule has 20 heavy (non-hydrogen) atoms. The zero-order valence-electron chi connectivity index (χ0n) is 11.2. The van der Waals surface area contributed by atoms with Crippen LogP contribution in [0.2, 0.25) is 0 Å². The number of halogens is 4. The molecule has 0 heterocycles. The van der Waals surface area contributed by atoms with Gasteiger partial charge in [-0.25, -0.2) is 0 Å². The summed E-state index contributed by atoms with van der Waals surface area (Å²) in [5, 5.41) is 0.